The van der Waals surface area contributed by atoms with Gasteiger partial charge in [-0.05, 0) is 29.7 Å². The lowest BCUT2D eigenvalue weighted by molar-refractivity contribution is 0.222. The number of nitrogens with zero attached hydrogens (tertiary/aromatic N) is 2. The highest BCUT2D eigenvalue weighted by molar-refractivity contribution is 7.87. The standard InChI is InChI=1S/C16H25ClN4O3S2/c1-16(2,3)14(15(25)18-22)19-26(23,24)21-10-8-20(9-11-21)13-6-4-12(17)5-7-13/h4-7,14,19,22H,8-11H2,1-3H3,(H,18,25). The third-order valence-electron chi connectivity index (χ3n) is 4.28. The summed E-state index contributed by atoms with van der Waals surface area (Å²) in [7, 11) is -3.74. The monoisotopic (exact) mass is 420 g/mol. The summed E-state index contributed by atoms with van der Waals surface area (Å²) in [6, 6.07) is 6.76. The molecule has 0 saturated carbocycles. The molecule has 0 aliphatic carbocycles. The lowest BCUT2D eigenvalue weighted by Crippen LogP contribution is -2.58. The minimum atomic E-state index is -3.74. The van der Waals surface area contributed by atoms with Gasteiger partial charge in [0.05, 0.1) is 6.04 Å². The first-order chi connectivity index (χ1) is 12.0. The number of halogens is 1. The van der Waals surface area contributed by atoms with Crippen molar-refractivity contribution in [1.82, 2.24) is 14.5 Å². The summed E-state index contributed by atoms with van der Waals surface area (Å²) >= 11 is 11.0. The number of hydroxylamine groups is 1. The molecule has 146 valence electrons. The van der Waals surface area contributed by atoms with Gasteiger partial charge in [0.25, 0.3) is 10.2 Å². The van der Waals surface area contributed by atoms with Gasteiger partial charge in [0.1, 0.15) is 4.99 Å². The van der Waals surface area contributed by atoms with Crippen molar-refractivity contribution in [2.24, 2.45) is 5.41 Å². The predicted octanol–water partition coefficient (Wildman–Crippen LogP) is 2.02. The summed E-state index contributed by atoms with van der Waals surface area (Å²) in [6.07, 6.45) is 0. The SMILES string of the molecule is CC(C)(C)C(NS(=O)(=O)N1CCN(c2ccc(Cl)cc2)CC1)C(=S)NO. The molecule has 0 amide bonds. The molecule has 1 aromatic carbocycles. The Balaban J connectivity index is 2.04. The Labute approximate surface area is 165 Å². The molecule has 0 spiro atoms. The van der Waals surface area contributed by atoms with Crippen molar-refractivity contribution in [2.75, 3.05) is 31.1 Å². The van der Waals surface area contributed by atoms with Gasteiger partial charge < -0.3 is 4.90 Å². The van der Waals surface area contributed by atoms with Gasteiger partial charge in [-0.2, -0.15) is 17.4 Å². The molecule has 1 unspecified atom stereocenters. The Kier molecular flexibility index (Phi) is 6.86. The Hall–Kier alpha value is -0.970. The van der Waals surface area contributed by atoms with Gasteiger partial charge in [-0.3, -0.25) is 10.7 Å². The second-order valence-corrected chi connectivity index (χ2v) is 9.84. The Morgan fingerprint density at radius 2 is 1.73 bits per heavy atom. The quantitative estimate of drug-likeness (QED) is 0.499. The first-order valence-electron chi connectivity index (χ1n) is 8.26. The van der Waals surface area contributed by atoms with E-state index < -0.39 is 21.7 Å². The van der Waals surface area contributed by atoms with Crippen molar-refractivity contribution >= 4 is 44.7 Å². The average Bonchev–Trinajstić information content (AvgIpc) is 2.59. The molecule has 3 N–H and O–H groups in total. The van der Waals surface area contributed by atoms with Crippen molar-refractivity contribution < 1.29 is 13.6 Å². The Morgan fingerprint density at radius 1 is 1.19 bits per heavy atom. The van der Waals surface area contributed by atoms with E-state index >= 15 is 0 Å². The molecule has 1 heterocycles. The topological polar surface area (TPSA) is 84.9 Å². The van der Waals surface area contributed by atoms with Gasteiger partial charge in [-0.15, -0.1) is 0 Å². The van der Waals surface area contributed by atoms with Crippen LogP contribution in [0.15, 0.2) is 24.3 Å². The first-order valence-corrected chi connectivity index (χ1v) is 10.5. The molecule has 0 radical (unpaired) electrons. The fourth-order valence-corrected chi connectivity index (χ4v) is 4.93. The Bertz CT molecular complexity index is 727. The van der Waals surface area contributed by atoms with Crippen LogP contribution in [-0.2, 0) is 10.2 Å². The minimum absolute atomic E-state index is 0.0425. The molecule has 26 heavy (non-hydrogen) atoms. The molecule has 1 aliphatic rings. The first kappa shape index (κ1) is 21.3. The summed E-state index contributed by atoms with van der Waals surface area (Å²) in [5, 5.41) is 9.77. The molecule has 1 aliphatic heterocycles. The van der Waals surface area contributed by atoms with Gasteiger partial charge in [-0.25, -0.2) is 0 Å². The van der Waals surface area contributed by atoms with Crippen LogP contribution < -0.4 is 15.1 Å². The molecule has 1 saturated heterocycles. The minimum Gasteiger partial charge on any atom is -0.369 e. The number of hydrogen-bond acceptors (Lipinski definition) is 5. The van der Waals surface area contributed by atoms with Crippen molar-refractivity contribution in [3.63, 3.8) is 0 Å². The van der Waals surface area contributed by atoms with Crippen LogP contribution >= 0.6 is 23.8 Å². The number of benzene rings is 1. The predicted molar refractivity (Wildman–Crippen MR) is 108 cm³/mol. The van der Waals surface area contributed by atoms with Crippen LogP contribution in [0.3, 0.4) is 0 Å². The molecule has 1 aromatic rings. The van der Waals surface area contributed by atoms with Gasteiger partial charge in [-0.1, -0.05) is 44.6 Å². The lowest BCUT2D eigenvalue weighted by Gasteiger charge is -2.37. The van der Waals surface area contributed by atoms with Crippen LogP contribution in [0.25, 0.3) is 0 Å². The van der Waals surface area contributed by atoms with E-state index in [9.17, 15) is 8.42 Å². The maximum atomic E-state index is 12.8. The summed E-state index contributed by atoms with van der Waals surface area (Å²) in [4.78, 5) is 2.16. The molecule has 10 heteroatoms. The smallest absolute Gasteiger partial charge is 0.280 e. The third kappa shape index (κ3) is 5.28. The highest BCUT2D eigenvalue weighted by Crippen LogP contribution is 2.23. The number of rotatable bonds is 5. The van der Waals surface area contributed by atoms with Gasteiger partial charge in [0, 0.05) is 36.9 Å². The van der Waals surface area contributed by atoms with Gasteiger partial charge in [0.15, 0.2) is 0 Å². The number of nitrogens with one attached hydrogen (secondary N) is 2. The van der Waals surface area contributed by atoms with E-state index in [1.165, 1.54) is 4.31 Å². The molecular weight excluding hydrogens is 396 g/mol. The van der Waals surface area contributed by atoms with E-state index in [0.717, 1.165) is 5.69 Å². The Morgan fingerprint density at radius 3 is 2.19 bits per heavy atom. The highest BCUT2D eigenvalue weighted by Gasteiger charge is 2.36. The maximum Gasteiger partial charge on any atom is 0.280 e. The third-order valence-corrected chi connectivity index (χ3v) is 6.43. The zero-order valence-electron chi connectivity index (χ0n) is 15.1. The van der Waals surface area contributed by atoms with Crippen molar-refractivity contribution in [3.05, 3.63) is 29.3 Å². The fraction of sp³-hybridized carbons (Fsp3) is 0.562. The van der Waals surface area contributed by atoms with Gasteiger partial charge >= 0.3 is 0 Å². The fourth-order valence-electron chi connectivity index (χ4n) is 2.75. The number of thiocarbonyl (C=S) groups is 1. The molecular formula is C16H25ClN4O3S2. The second kappa shape index (κ2) is 8.37. The largest absolute Gasteiger partial charge is 0.369 e. The molecule has 0 bridgehead atoms. The van der Waals surface area contributed by atoms with E-state index in [-0.39, 0.29) is 4.99 Å². The van der Waals surface area contributed by atoms with E-state index in [4.69, 9.17) is 29.0 Å². The molecule has 1 fully saturated rings. The number of anilines is 1. The molecule has 7 nitrogen and oxygen atoms in total. The van der Waals surface area contributed by atoms with Gasteiger partial charge in [0.2, 0.25) is 0 Å². The summed E-state index contributed by atoms with van der Waals surface area (Å²) in [6.45, 7) is 7.41. The van der Waals surface area contributed by atoms with E-state index in [0.29, 0.717) is 31.2 Å². The molecule has 0 aromatic heterocycles. The second-order valence-electron chi connectivity index (χ2n) is 7.26. The van der Waals surface area contributed by atoms with Crippen molar-refractivity contribution in [2.45, 2.75) is 26.8 Å². The number of hydrogen-bond donors (Lipinski definition) is 3. The summed E-state index contributed by atoms with van der Waals surface area (Å²) in [5.74, 6) is 0. The lowest BCUT2D eigenvalue weighted by atomic mass is 9.87. The van der Waals surface area contributed by atoms with E-state index in [2.05, 4.69) is 9.62 Å². The summed E-state index contributed by atoms with van der Waals surface area (Å²) < 4.78 is 29.5. The van der Waals surface area contributed by atoms with Crippen LogP contribution in [0.1, 0.15) is 20.8 Å². The van der Waals surface area contributed by atoms with E-state index in [1.54, 1.807) is 0 Å². The van der Waals surface area contributed by atoms with E-state index in [1.807, 2.05) is 50.5 Å². The summed E-state index contributed by atoms with van der Waals surface area (Å²) in [5.41, 5.74) is 2.41. The highest BCUT2D eigenvalue weighted by atomic mass is 35.5. The normalized spacial score (nSPS) is 17.8. The van der Waals surface area contributed by atoms with Crippen molar-refractivity contribution in [1.29, 1.82) is 0 Å². The zero-order valence-corrected chi connectivity index (χ0v) is 17.5. The van der Waals surface area contributed by atoms with Crippen LogP contribution in [0.4, 0.5) is 5.69 Å². The van der Waals surface area contributed by atoms with Crippen LogP contribution in [0, 0.1) is 5.41 Å². The molecule has 2 rings (SSSR count). The van der Waals surface area contributed by atoms with Crippen LogP contribution in [0.5, 0.6) is 0 Å². The number of piperazine rings is 1. The zero-order chi connectivity index (χ0) is 19.5. The molecule has 1 atom stereocenters. The average molecular weight is 421 g/mol. The maximum absolute atomic E-state index is 12.8. The van der Waals surface area contributed by atoms with Crippen LogP contribution in [0.2, 0.25) is 5.02 Å². The van der Waals surface area contributed by atoms with Crippen molar-refractivity contribution in [3.8, 4) is 0 Å². The van der Waals surface area contributed by atoms with Crippen LogP contribution in [-0.4, -0.2) is 55.1 Å².